The van der Waals surface area contributed by atoms with E-state index in [1.165, 1.54) is 12.1 Å². The lowest BCUT2D eigenvalue weighted by atomic mass is 9.43. The average Bonchev–Trinajstić information content (AvgIpc) is 3.38. The van der Waals surface area contributed by atoms with Gasteiger partial charge in [-0.15, -0.1) is 0 Å². The molecule has 3 aliphatic carbocycles. The van der Waals surface area contributed by atoms with Gasteiger partial charge in [0.2, 0.25) is 0 Å². The molecule has 0 aromatic heterocycles. The summed E-state index contributed by atoms with van der Waals surface area (Å²) in [5, 5.41) is 0. The lowest BCUT2D eigenvalue weighted by molar-refractivity contribution is -0.207. The van der Waals surface area contributed by atoms with Gasteiger partial charge in [0.05, 0.1) is 11.0 Å². The zero-order valence-corrected chi connectivity index (χ0v) is 27.1. The van der Waals surface area contributed by atoms with Gasteiger partial charge in [0, 0.05) is 29.8 Å². The number of methoxy groups -OCH3 is 1. The highest BCUT2D eigenvalue weighted by molar-refractivity contribution is 7.86. The van der Waals surface area contributed by atoms with Crippen LogP contribution < -0.4 is 0 Å². The van der Waals surface area contributed by atoms with Gasteiger partial charge in [-0.1, -0.05) is 75.7 Å². The summed E-state index contributed by atoms with van der Waals surface area (Å²) in [6, 6.07) is 16.3. The summed E-state index contributed by atoms with van der Waals surface area (Å²) in [4.78, 5) is 28.1. The van der Waals surface area contributed by atoms with Crippen molar-refractivity contribution in [1.29, 1.82) is 0 Å². The van der Waals surface area contributed by atoms with E-state index in [0.29, 0.717) is 12.8 Å². The fourth-order valence-electron chi connectivity index (χ4n) is 8.96. The molecule has 2 aromatic rings. The molecule has 8 heteroatoms. The summed E-state index contributed by atoms with van der Waals surface area (Å²) in [6.45, 7) is 9.68. The first-order valence-electron chi connectivity index (χ1n) is 15.5. The van der Waals surface area contributed by atoms with E-state index in [1.54, 1.807) is 19.2 Å². The third kappa shape index (κ3) is 5.59. The highest BCUT2D eigenvalue weighted by Crippen LogP contribution is 2.68. The largest absolute Gasteiger partial charge is 0.460 e. The molecular weight excluding hydrogens is 564 g/mol. The van der Waals surface area contributed by atoms with Gasteiger partial charge >= 0.3 is 5.97 Å². The number of hydrogen-bond acceptors (Lipinski definition) is 7. The summed E-state index contributed by atoms with van der Waals surface area (Å²) in [6.07, 6.45) is 3.78. The quantitative estimate of drug-likeness (QED) is 0.255. The van der Waals surface area contributed by atoms with Gasteiger partial charge in [-0.05, 0) is 74.5 Å². The van der Waals surface area contributed by atoms with Crippen LogP contribution in [0, 0.1) is 40.9 Å². The predicted molar refractivity (Wildman–Crippen MR) is 164 cm³/mol. The van der Waals surface area contributed by atoms with Crippen LogP contribution in [-0.4, -0.2) is 46.1 Å². The molecule has 3 fully saturated rings. The maximum atomic E-state index is 14.6. The summed E-state index contributed by atoms with van der Waals surface area (Å²) in [5.74, 6) is -0.506. The minimum absolute atomic E-state index is 0.0154. The van der Waals surface area contributed by atoms with Crippen molar-refractivity contribution < 1.29 is 31.7 Å². The Morgan fingerprint density at radius 1 is 0.977 bits per heavy atom. The van der Waals surface area contributed by atoms with E-state index >= 15 is 0 Å². The van der Waals surface area contributed by atoms with Crippen molar-refractivity contribution in [3.63, 3.8) is 0 Å². The summed E-state index contributed by atoms with van der Waals surface area (Å²) in [5.41, 5.74) is 0.433. The van der Waals surface area contributed by atoms with E-state index in [4.69, 9.17) is 13.7 Å². The van der Waals surface area contributed by atoms with E-state index in [2.05, 4.69) is 20.8 Å². The van der Waals surface area contributed by atoms with Crippen LogP contribution in [-0.2, 0) is 39.8 Å². The second-order valence-electron chi connectivity index (χ2n) is 13.9. The third-order valence-electron chi connectivity index (χ3n) is 11.5. The Labute approximate surface area is 256 Å². The van der Waals surface area contributed by atoms with Gasteiger partial charge in [-0.3, -0.25) is 8.98 Å². The molecule has 2 bridgehead atoms. The molecule has 2 aromatic carbocycles. The Morgan fingerprint density at radius 2 is 1.63 bits per heavy atom. The van der Waals surface area contributed by atoms with Crippen LogP contribution >= 0.6 is 0 Å². The fraction of sp³-hybridized carbons (Fsp3) is 0.600. The van der Waals surface area contributed by atoms with E-state index in [0.717, 1.165) is 36.8 Å². The molecule has 8 atom stereocenters. The van der Waals surface area contributed by atoms with Crippen molar-refractivity contribution in [3.8, 4) is 0 Å². The zero-order valence-electron chi connectivity index (χ0n) is 26.3. The van der Waals surface area contributed by atoms with Crippen LogP contribution in [0.2, 0.25) is 0 Å². The molecule has 0 amide bonds. The first kappa shape index (κ1) is 31.9. The molecule has 7 nitrogen and oxygen atoms in total. The third-order valence-corrected chi connectivity index (χ3v) is 12.8. The van der Waals surface area contributed by atoms with Crippen LogP contribution in [0.15, 0.2) is 59.5 Å². The minimum Gasteiger partial charge on any atom is -0.460 e. The Kier molecular flexibility index (Phi) is 8.71. The number of ether oxygens (including phenoxy) is 2. The molecular formula is C35H46O7S. The van der Waals surface area contributed by atoms with E-state index in [-0.39, 0.29) is 40.0 Å². The van der Waals surface area contributed by atoms with Crippen LogP contribution in [0.25, 0.3) is 0 Å². The maximum absolute atomic E-state index is 14.6. The number of ketones is 1. The van der Waals surface area contributed by atoms with Gasteiger partial charge < -0.3 is 9.47 Å². The monoisotopic (exact) mass is 610 g/mol. The molecule has 234 valence electrons. The predicted octanol–water partition coefficient (Wildman–Crippen LogP) is 6.32. The topological polar surface area (TPSA) is 96.0 Å². The lowest BCUT2D eigenvalue weighted by Crippen LogP contribution is -2.63. The summed E-state index contributed by atoms with van der Waals surface area (Å²) < 4.78 is 43.3. The number of carbonyl (C=O) groups is 2. The highest BCUT2D eigenvalue weighted by atomic mass is 32.2. The normalized spacial score (nSPS) is 36.0. The van der Waals surface area contributed by atoms with Crippen molar-refractivity contribution in [3.05, 3.63) is 65.7 Å². The van der Waals surface area contributed by atoms with Crippen LogP contribution in [0.3, 0.4) is 0 Å². The van der Waals surface area contributed by atoms with Crippen molar-refractivity contribution in [2.24, 2.45) is 34.0 Å². The number of carbonyl (C=O) groups excluding carboxylic acids is 2. The Morgan fingerprint density at radius 3 is 2.28 bits per heavy atom. The highest BCUT2D eigenvalue weighted by Gasteiger charge is 2.68. The average molecular weight is 611 g/mol. The lowest BCUT2D eigenvalue weighted by Gasteiger charge is -2.62. The smallest absolute Gasteiger partial charge is 0.333 e. The molecule has 0 heterocycles. The number of benzene rings is 2. The molecule has 5 rings (SSSR count). The van der Waals surface area contributed by atoms with Crippen molar-refractivity contribution in [1.82, 2.24) is 0 Å². The minimum atomic E-state index is -4.15. The van der Waals surface area contributed by atoms with Gasteiger partial charge in [0.1, 0.15) is 11.9 Å². The van der Waals surface area contributed by atoms with Gasteiger partial charge in [-0.2, -0.15) is 8.42 Å². The molecule has 3 aliphatic rings. The van der Waals surface area contributed by atoms with Gasteiger partial charge in [0.15, 0.2) is 6.61 Å². The van der Waals surface area contributed by atoms with Gasteiger partial charge in [0.25, 0.3) is 10.1 Å². The molecule has 0 aliphatic heterocycles. The molecule has 43 heavy (non-hydrogen) atoms. The Balaban J connectivity index is 1.51. The second kappa shape index (κ2) is 11.8. The number of aryl methyl sites for hydroxylation is 1. The van der Waals surface area contributed by atoms with E-state index in [9.17, 15) is 18.0 Å². The van der Waals surface area contributed by atoms with E-state index < -0.39 is 39.6 Å². The maximum Gasteiger partial charge on any atom is 0.333 e. The molecule has 0 spiro atoms. The molecule has 3 saturated carbocycles. The second-order valence-corrected chi connectivity index (χ2v) is 15.5. The van der Waals surface area contributed by atoms with Crippen LogP contribution in [0.1, 0.15) is 70.9 Å². The Hall–Kier alpha value is -2.55. The van der Waals surface area contributed by atoms with Crippen molar-refractivity contribution in [2.45, 2.75) is 90.2 Å². The first-order chi connectivity index (χ1) is 20.3. The van der Waals surface area contributed by atoms with Crippen molar-refractivity contribution >= 4 is 21.9 Å². The first-order valence-corrected chi connectivity index (χ1v) is 16.9. The van der Waals surface area contributed by atoms with E-state index in [1.807, 2.05) is 44.2 Å². The number of rotatable bonds is 8. The van der Waals surface area contributed by atoms with Crippen LogP contribution in [0.4, 0.5) is 0 Å². The SMILES string of the molecule is CO[C@@H]1CC[C@@]23CC[C@H](C)[C@@](C)([C@H](OC(=O)COS(=O)(=O)c4ccc(C)cc4)C[C@@](C)(Cc4ccccc4)C(=O)[C@@H]2C)[C@@H]13. The zero-order chi connectivity index (χ0) is 31.2. The Bertz CT molecular complexity index is 1440. The van der Waals surface area contributed by atoms with Crippen LogP contribution in [0.5, 0.6) is 0 Å². The van der Waals surface area contributed by atoms with Crippen molar-refractivity contribution in [2.75, 3.05) is 13.7 Å². The number of esters is 1. The molecule has 0 radical (unpaired) electrons. The number of Topliss-reactive ketones (excluding diaryl/α,β-unsaturated/α-hetero) is 1. The number of hydrogen-bond donors (Lipinski definition) is 0. The molecule has 0 saturated heterocycles. The van der Waals surface area contributed by atoms with Gasteiger partial charge in [-0.25, -0.2) is 4.79 Å². The molecule has 0 N–H and O–H groups in total. The summed E-state index contributed by atoms with van der Waals surface area (Å²) >= 11 is 0. The fourth-order valence-corrected chi connectivity index (χ4v) is 9.82. The summed E-state index contributed by atoms with van der Waals surface area (Å²) in [7, 11) is -2.41. The standard InChI is InChI=1S/C35H46O7S/c1-23-12-14-27(15-13-23)43(38,39)41-22-30(36)42-29-21-33(4,20-26-10-8-7-9-11-26)32(37)25(3)35-18-16-24(2)34(29,5)31(35)28(40-6)17-19-35/h7-15,24-25,28-29,31H,16-22H2,1-6H3/t24-,25-,28+,29+,31+,33+,34-,35-/m0/s1. The molecule has 0 unspecified atom stereocenters.